The van der Waals surface area contributed by atoms with Gasteiger partial charge in [0.1, 0.15) is 11.6 Å². The second-order valence-corrected chi connectivity index (χ2v) is 10.3. The summed E-state index contributed by atoms with van der Waals surface area (Å²) in [4.78, 5) is 67.1. The number of hydrogen-bond acceptors (Lipinski definition) is 7. The number of anilines is 1. The summed E-state index contributed by atoms with van der Waals surface area (Å²) >= 11 is 0. The number of para-hydroxylation sites is 1. The molecule has 0 aliphatic carbocycles. The fourth-order valence-corrected chi connectivity index (χ4v) is 5.43. The molecule has 2 saturated heterocycles. The molecule has 218 valence electrons. The van der Waals surface area contributed by atoms with Gasteiger partial charge in [0.2, 0.25) is 5.91 Å². The molecule has 1 atom stereocenters. The lowest BCUT2D eigenvalue weighted by atomic mass is 9.85. The summed E-state index contributed by atoms with van der Waals surface area (Å²) in [5, 5.41) is 25.6. The Morgan fingerprint density at radius 2 is 1.80 bits per heavy atom. The molecule has 0 aromatic heterocycles. The lowest BCUT2D eigenvalue weighted by molar-refractivity contribution is -0.384. The van der Waals surface area contributed by atoms with Crippen LogP contribution in [0.2, 0.25) is 0 Å². The number of likely N-dealkylation sites (tertiary alicyclic amines) is 1. The molecule has 2 heterocycles. The monoisotopic (exact) mass is 566 g/mol. The van der Waals surface area contributed by atoms with Gasteiger partial charge in [0.15, 0.2) is 0 Å². The smallest absolute Gasteiger partial charge is 0.328 e. The first-order chi connectivity index (χ1) is 19.6. The molecular weight excluding hydrogens is 532 g/mol. The highest BCUT2D eigenvalue weighted by molar-refractivity contribution is 5.98. The number of rotatable bonds is 9. The maximum absolute atomic E-state index is 13.5. The van der Waals surface area contributed by atoms with E-state index >= 15 is 0 Å². The van der Waals surface area contributed by atoms with Gasteiger partial charge in [0.05, 0.1) is 18.1 Å². The number of carbonyl (C=O) groups excluding carboxylic acids is 3. The van der Waals surface area contributed by atoms with Crippen molar-refractivity contribution in [1.82, 2.24) is 20.4 Å². The molecule has 1 spiro atoms. The quantitative estimate of drug-likeness (QED) is 0.307. The molecule has 2 aromatic carbocycles. The van der Waals surface area contributed by atoms with Crippen LogP contribution in [0.15, 0.2) is 48.5 Å². The van der Waals surface area contributed by atoms with E-state index in [9.17, 15) is 34.4 Å². The third-order valence-corrected chi connectivity index (χ3v) is 7.69. The first-order valence-electron chi connectivity index (χ1n) is 13.5. The van der Waals surface area contributed by atoms with Crippen LogP contribution in [-0.2, 0) is 9.59 Å². The topological polar surface area (TPSA) is 165 Å². The summed E-state index contributed by atoms with van der Waals surface area (Å²) in [6.45, 7) is 4.91. The summed E-state index contributed by atoms with van der Waals surface area (Å²) in [5.74, 6) is -2.12. The number of hydrogen-bond donors (Lipinski definition) is 3. The molecule has 1 unspecified atom stereocenters. The van der Waals surface area contributed by atoms with Gasteiger partial charge in [0, 0.05) is 43.0 Å². The summed E-state index contributed by atoms with van der Waals surface area (Å²) < 4.78 is 0. The number of urea groups is 1. The van der Waals surface area contributed by atoms with E-state index in [1.807, 2.05) is 42.2 Å². The number of piperidine rings is 1. The summed E-state index contributed by atoms with van der Waals surface area (Å²) in [5.41, 5.74) is 0.289. The predicted molar refractivity (Wildman–Crippen MR) is 149 cm³/mol. The van der Waals surface area contributed by atoms with E-state index in [1.165, 1.54) is 17.0 Å². The Morgan fingerprint density at radius 1 is 1.12 bits per heavy atom. The molecule has 2 aliphatic rings. The predicted octanol–water partition coefficient (Wildman–Crippen LogP) is 2.35. The molecule has 0 bridgehead atoms. The van der Waals surface area contributed by atoms with Crippen molar-refractivity contribution in [2.75, 3.05) is 37.7 Å². The van der Waals surface area contributed by atoms with Gasteiger partial charge in [-0.25, -0.2) is 9.59 Å². The van der Waals surface area contributed by atoms with Crippen molar-refractivity contribution >= 4 is 35.2 Å². The Bertz CT molecular complexity index is 1330. The van der Waals surface area contributed by atoms with Gasteiger partial charge < -0.3 is 30.4 Å². The van der Waals surface area contributed by atoms with Gasteiger partial charge in [-0.15, -0.1) is 0 Å². The minimum absolute atomic E-state index is 0.0283. The zero-order valence-electron chi connectivity index (χ0n) is 23.0. The Morgan fingerprint density at radius 3 is 2.41 bits per heavy atom. The minimum Gasteiger partial charge on any atom is -0.480 e. The van der Waals surface area contributed by atoms with Crippen molar-refractivity contribution in [3.05, 3.63) is 69.8 Å². The standard InChI is InChI=1S/C28H34N6O7/c1-3-13-32-18-33(20-7-5-4-6-8-20)28(26(32)38)11-14-31(15-12-28)27(39)29-17-23(25(36)37)30-24(35)22-16-21(34(40)41)10-9-19(22)2/h4-10,16,23H,3,11-15,17-18H2,1-2H3,(H,29,39)(H,30,35)(H,36,37). The molecular formula is C28H34N6O7. The number of aryl methyl sites for hydroxylation is 1. The average molecular weight is 567 g/mol. The number of benzene rings is 2. The van der Waals surface area contributed by atoms with Crippen molar-refractivity contribution in [3.63, 3.8) is 0 Å². The first-order valence-corrected chi connectivity index (χ1v) is 13.5. The Hall–Kier alpha value is -4.68. The van der Waals surface area contributed by atoms with Crippen LogP contribution in [0.1, 0.15) is 42.1 Å². The van der Waals surface area contributed by atoms with E-state index < -0.39 is 41.0 Å². The highest BCUT2D eigenvalue weighted by atomic mass is 16.6. The molecule has 4 amide bonds. The van der Waals surface area contributed by atoms with Crippen LogP contribution in [0, 0.1) is 17.0 Å². The molecule has 2 fully saturated rings. The van der Waals surface area contributed by atoms with Crippen LogP contribution in [-0.4, -0.2) is 88.1 Å². The number of nitrogens with one attached hydrogen (secondary N) is 2. The highest BCUT2D eigenvalue weighted by Crippen LogP contribution is 2.39. The van der Waals surface area contributed by atoms with Crippen LogP contribution in [0.5, 0.6) is 0 Å². The van der Waals surface area contributed by atoms with Crippen LogP contribution in [0.4, 0.5) is 16.2 Å². The summed E-state index contributed by atoms with van der Waals surface area (Å²) in [6.07, 6.45) is 1.67. The van der Waals surface area contributed by atoms with E-state index in [0.717, 1.165) is 18.2 Å². The molecule has 2 aliphatic heterocycles. The molecule has 41 heavy (non-hydrogen) atoms. The number of nitro groups is 1. The van der Waals surface area contributed by atoms with Crippen molar-refractivity contribution in [2.24, 2.45) is 0 Å². The lowest BCUT2D eigenvalue weighted by Gasteiger charge is -2.43. The number of amides is 4. The van der Waals surface area contributed by atoms with E-state index in [1.54, 1.807) is 6.92 Å². The molecule has 4 rings (SSSR count). The van der Waals surface area contributed by atoms with Gasteiger partial charge in [-0.05, 0) is 43.9 Å². The Balaban J connectivity index is 1.39. The normalized spacial score (nSPS) is 16.9. The third kappa shape index (κ3) is 6.08. The number of aliphatic carboxylic acids is 1. The zero-order valence-corrected chi connectivity index (χ0v) is 23.0. The number of non-ortho nitro benzene ring substituents is 1. The average Bonchev–Trinajstić information content (AvgIpc) is 3.22. The fraction of sp³-hybridized carbons (Fsp3) is 0.429. The lowest BCUT2D eigenvalue weighted by Crippen LogP contribution is -2.59. The van der Waals surface area contributed by atoms with Gasteiger partial charge >= 0.3 is 12.0 Å². The van der Waals surface area contributed by atoms with Gasteiger partial charge in [-0.1, -0.05) is 31.2 Å². The molecule has 13 nitrogen and oxygen atoms in total. The summed E-state index contributed by atoms with van der Waals surface area (Å²) in [6, 6.07) is 11.5. The first kappa shape index (κ1) is 29.3. The molecule has 0 saturated carbocycles. The van der Waals surface area contributed by atoms with Crippen LogP contribution in [0.3, 0.4) is 0 Å². The van der Waals surface area contributed by atoms with Crippen LogP contribution in [0.25, 0.3) is 0 Å². The van der Waals surface area contributed by atoms with Crippen LogP contribution < -0.4 is 15.5 Å². The summed E-state index contributed by atoms with van der Waals surface area (Å²) in [7, 11) is 0. The van der Waals surface area contributed by atoms with Gasteiger partial charge in [-0.3, -0.25) is 19.7 Å². The number of carboxylic acid groups (broad SMARTS) is 1. The molecule has 0 radical (unpaired) electrons. The largest absolute Gasteiger partial charge is 0.480 e. The second kappa shape index (κ2) is 12.2. The molecule has 3 N–H and O–H groups in total. The maximum atomic E-state index is 13.5. The number of nitrogens with zero attached hydrogens (tertiary/aromatic N) is 4. The van der Waals surface area contributed by atoms with Gasteiger partial charge in [0.25, 0.3) is 11.6 Å². The van der Waals surface area contributed by atoms with Crippen molar-refractivity contribution in [1.29, 1.82) is 0 Å². The second-order valence-electron chi connectivity index (χ2n) is 10.3. The van der Waals surface area contributed by atoms with E-state index in [4.69, 9.17) is 0 Å². The number of carbonyl (C=O) groups is 4. The molecule has 2 aromatic rings. The SMILES string of the molecule is CCCN1CN(c2ccccc2)C2(CCN(C(=O)NCC(NC(=O)c3cc([N+](=O)[O-])ccc3C)C(=O)O)CC2)C1=O. The van der Waals surface area contributed by atoms with Crippen LogP contribution >= 0.6 is 0 Å². The maximum Gasteiger partial charge on any atom is 0.328 e. The minimum atomic E-state index is -1.46. The Labute approximate surface area is 237 Å². The van der Waals surface area contributed by atoms with Gasteiger partial charge in [-0.2, -0.15) is 0 Å². The van der Waals surface area contributed by atoms with Crippen molar-refractivity contribution in [3.8, 4) is 0 Å². The van der Waals surface area contributed by atoms with E-state index in [0.29, 0.717) is 31.6 Å². The highest BCUT2D eigenvalue weighted by Gasteiger charge is 2.53. The Kier molecular flexibility index (Phi) is 8.74. The van der Waals surface area contributed by atoms with E-state index in [2.05, 4.69) is 15.5 Å². The van der Waals surface area contributed by atoms with Crippen molar-refractivity contribution in [2.45, 2.75) is 44.7 Å². The third-order valence-electron chi connectivity index (χ3n) is 7.69. The zero-order chi connectivity index (χ0) is 29.7. The van der Waals surface area contributed by atoms with Crippen molar-refractivity contribution < 1.29 is 29.2 Å². The van der Waals surface area contributed by atoms with E-state index in [-0.39, 0.29) is 30.2 Å². The number of nitro benzene ring substituents is 1. The number of carboxylic acids is 1. The fourth-order valence-electron chi connectivity index (χ4n) is 5.43. The molecule has 13 heteroatoms.